The summed E-state index contributed by atoms with van der Waals surface area (Å²) in [6, 6.07) is 4.46. The molecule has 470 valence electrons. The molecule has 0 bridgehead atoms. The molecule has 8 rings (SSSR count). The van der Waals surface area contributed by atoms with Gasteiger partial charge in [-0.25, -0.2) is 24.5 Å². The predicted octanol–water partition coefficient (Wildman–Crippen LogP) is 3.40. The molecule has 7 aromatic rings. The molecule has 1 aliphatic heterocycles. The van der Waals surface area contributed by atoms with Gasteiger partial charge in [-0.1, -0.05) is 0 Å². The molecule has 0 radical (unpaired) electrons. The summed E-state index contributed by atoms with van der Waals surface area (Å²) in [6.45, 7) is 5.07. The number of anilines is 9. The fourth-order valence-corrected chi connectivity index (χ4v) is 9.45. The van der Waals surface area contributed by atoms with Crippen molar-refractivity contribution in [2.24, 2.45) is 54.7 Å². The second-order valence-electron chi connectivity index (χ2n) is 22.4. The van der Waals surface area contributed by atoms with Crippen LogP contribution in [0, 0.1) is 5.41 Å². The number of hydrogen-bond donors (Lipinski definition) is 10. The summed E-state index contributed by atoms with van der Waals surface area (Å²) in [5.74, 6) is -5.58. The Morgan fingerprint density at radius 2 is 0.944 bits per heavy atom. The third kappa shape index (κ3) is 16.3. The van der Waals surface area contributed by atoms with Gasteiger partial charge in [-0.3, -0.25) is 48.5 Å². The van der Waals surface area contributed by atoms with Crippen LogP contribution in [0.1, 0.15) is 102 Å². The van der Waals surface area contributed by atoms with Gasteiger partial charge in [0.2, 0.25) is 53.0 Å². The Morgan fingerprint density at radius 3 is 1.51 bits per heavy atom. The molecule has 1 fully saturated rings. The Labute approximate surface area is 506 Å². The normalized spacial score (nSPS) is 12.5. The number of rotatable bonds is 23. The van der Waals surface area contributed by atoms with Crippen molar-refractivity contribution in [2.75, 3.05) is 60.9 Å². The number of carboxylic acid groups (broad SMARTS) is 1. The van der Waals surface area contributed by atoms with Crippen LogP contribution in [0.15, 0.2) is 67.8 Å². The number of amides is 10. The molecule has 0 aliphatic carbocycles. The van der Waals surface area contributed by atoms with Crippen molar-refractivity contribution in [1.82, 2.24) is 56.8 Å². The third-order valence-electron chi connectivity index (χ3n) is 13.6. The molecule has 0 saturated carbocycles. The highest BCUT2D eigenvalue weighted by molar-refractivity contribution is 6.06. The molecule has 89 heavy (non-hydrogen) atoms. The maximum absolute atomic E-state index is 13.8. The van der Waals surface area contributed by atoms with E-state index in [4.69, 9.17) is 4.74 Å². The molecule has 34 nitrogen and oxygen atoms in total. The highest BCUT2D eigenvalue weighted by atomic mass is 16.6. The van der Waals surface area contributed by atoms with Crippen LogP contribution >= 0.6 is 0 Å². The minimum absolute atomic E-state index is 0.0114. The van der Waals surface area contributed by atoms with E-state index in [2.05, 4.69) is 67.8 Å². The summed E-state index contributed by atoms with van der Waals surface area (Å²) in [4.78, 5) is 160. The molecule has 8 heterocycles. The maximum atomic E-state index is 13.8. The van der Waals surface area contributed by atoms with Crippen molar-refractivity contribution in [3.63, 3.8) is 0 Å². The van der Waals surface area contributed by atoms with E-state index in [1.165, 1.54) is 79.5 Å². The Hall–Kier alpha value is -11.3. The number of aromatic carboxylic acids is 1. The van der Waals surface area contributed by atoms with Gasteiger partial charge >= 0.3 is 12.1 Å². The Bertz CT molecular complexity index is 3950. The Morgan fingerprint density at radius 1 is 0.483 bits per heavy atom. The predicted molar refractivity (Wildman–Crippen MR) is 320 cm³/mol. The highest BCUT2D eigenvalue weighted by Gasteiger charge is 2.49. The molecule has 10 amide bonds. The summed E-state index contributed by atoms with van der Waals surface area (Å²) in [5, 5.41) is 33.3. The maximum Gasteiger partial charge on any atom is 0.410 e. The zero-order chi connectivity index (χ0) is 64.8. The number of ether oxygens (including phenoxy) is 1. The van der Waals surface area contributed by atoms with Gasteiger partial charge in [0.15, 0.2) is 23.3 Å². The van der Waals surface area contributed by atoms with Gasteiger partial charge < -0.3 is 89.2 Å². The lowest BCUT2D eigenvalue weighted by Crippen LogP contribution is -2.61. The molecule has 1 aliphatic rings. The van der Waals surface area contributed by atoms with E-state index in [1.807, 2.05) is 0 Å². The standard InChI is InChI=1S/C55H67N21O13/c1-54(2,3)89-53(88)76-28-55(29-76,20-43(81)61-35-27-75(10)52(65-35)68-42(80)14-11-39(77)57-30-17-33(70(5)22-30)48(83)64-36-26-74(9)47(63-36)51(86)87)21-44(82)67-38-19-32(24-72(38)7)59-50(85)46-62-34(25-73(46)8)60-40(78)12-13-41(79)66-37-18-31(23-71(37)6)58-49(84)45-56-15-16-69(45)4/h15-19,22-27H,11-14,20-21,28-29H2,1-10H3,(H,57,77)(H,58,84)(H,59,85)(H,60,78)(H,61,81)(H,64,83)(H,66,79)(H,67,82)(H,86,87)(H,65,68,80). The van der Waals surface area contributed by atoms with Gasteiger partial charge in [0.25, 0.3) is 17.7 Å². The second kappa shape index (κ2) is 26.1. The average Bonchev–Trinajstić information content (AvgIpc) is 1.89. The van der Waals surface area contributed by atoms with E-state index in [0.717, 1.165) is 0 Å². The molecular formula is C55H67N21O13. The number of likely N-dealkylation sites (tertiary alicyclic amines) is 1. The van der Waals surface area contributed by atoms with Crippen LogP contribution in [-0.2, 0) is 82.8 Å². The van der Waals surface area contributed by atoms with Gasteiger partial charge in [-0.05, 0) is 26.8 Å². The van der Waals surface area contributed by atoms with Crippen molar-refractivity contribution >= 4 is 117 Å². The van der Waals surface area contributed by atoms with E-state index in [0.29, 0.717) is 11.5 Å². The van der Waals surface area contributed by atoms with E-state index in [9.17, 15) is 57.8 Å². The number of nitrogens with zero attached hydrogens (tertiary/aromatic N) is 12. The second-order valence-corrected chi connectivity index (χ2v) is 22.4. The molecule has 0 spiro atoms. The van der Waals surface area contributed by atoms with Crippen molar-refractivity contribution in [1.29, 1.82) is 0 Å². The number of carbonyl (C=O) groups excluding carboxylic acids is 10. The highest BCUT2D eigenvalue weighted by Crippen LogP contribution is 2.39. The monoisotopic (exact) mass is 1230 g/mol. The minimum atomic E-state index is -1.27. The molecule has 0 atom stereocenters. The zero-order valence-corrected chi connectivity index (χ0v) is 50.2. The first-order valence-electron chi connectivity index (χ1n) is 27.4. The van der Waals surface area contributed by atoms with Crippen LogP contribution in [0.3, 0.4) is 0 Å². The van der Waals surface area contributed by atoms with E-state index in [1.54, 1.807) is 95.2 Å². The van der Waals surface area contributed by atoms with Crippen LogP contribution in [0.25, 0.3) is 0 Å². The quantitative estimate of drug-likeness (QED) is 0.0439. The molecule has 0 unspecified atom stereocenters. The van der Waals surface area contributed by atoms with Crippen LogP contribution in [0.5, 0.6) is 0 Å². The van der Waals surface area contributed by atoms with Crippen LogP contribution in [0.2, 0.25) is 0 Å². The van der Waals surface area contributed by atoms with Gasteiger partial charge in [0.1, 0.15) is 22.9 Å². The Kier molecular flexibility index (Phi) is 18.7. The fourth-order valence-electron chi connectivity index (χ4n) is 9.45. The van der Waals surface area contributed by atoms with Crippen LogP contribution < -0.4 is 47.9 Å². The first kappa shape index (κ1) is 63.7. The summed E-state index contributed by atoms with van der Waals surface area (Å²) in [5.41, 5.74) is -0.832. The Balaban J connectivity index is 0.801. The third-order valence-corrected chi connectivity index (χ3v) is 13.6. The van der Waals surface area contributed by atoms with E-state index >= 15 is 0 Å². The number of aryl methyl sites for hydroxylation is 7. The topological polar surface area (TPSA) is 415 Å². The van der Waals surface area contributed by atoms with Crippen molar-refractivity contribution < 1.29 is 62.6 Å². The molecule has 7 aromatic heterocycles. The van der Waals surface area contributed by atoms with Crippen LogP contribution in [-0.4, -0.2) is 146 Å². The molecule has 34 heteroatoms. The molecule has 1 saturated heterocycles. The first-order valence-corrected chi connectivity index (χ1v) is 27.4. The number of hydrogen-bond acceptors (Lipinski definition) is 16. The fraction of sp³-hybridized carbons (Fsp3) is 0.364. The van der Waals surface area contributed by atoms with Crippen molar-refractivity contribution in [3.05, 3.63) is 90.9 Å². The van der Waals surface area contributed by atoms with Crippen LogP contribution in [0.4, 0.5) is 56.9 Å². The van der Waals surface area contributed by atoms with E-state index in [-0.39, 0.29) is 115 Å². The number of nitrogens with one attached hydrogen (secondary N) is 9. The molecule has 0 aromatic carbocycles. The number of imidazole rings is 4. The smallest absolute Gasteiger partial charge is 0.410 e. The lowest BCUT2D eigenvalue weighted by molar-refractivity contribution is -0.128. The summed E-state index contributed by atoms with van der Waals surface area (Å²) in [7, 11) is 11.1. The summed E-state index contributed by atoms with van der Waals surface area (Å²) < 4.78 is 15.8. The number of carbonyl (C=O) groups is 11. The molecule has 10 N–H and O–H groups in total. The van der Waals surface area contributed by atoms with Gasteiger partial charge in [-0.15, -0.1) is 0 Å². The number of aromatic nitrogens is 11. The first-order chi connectivity index (χ1) is 41.9. The summed E-state index contributed by atoms with van der Waals surface area (Å²) >= 11 is 0. The zero-order valence-electron chi connectivity index (χ0n) is 50.2. The van der Waals surface area contributed by atoms with Gasteiger partial charge in [0, 0.05) is 168 Å². The van der Waals surface area contributed by atoms with Crippen molar-refractivity contribution in [3.8, 4) is 0 Å². The van der Waals surface area contributed by atoms with Gasteiger partial charge in [-0.2, -0.15) is 4.98 Å². The molecular weight excluding hydrogens is 1160 g/mol. The summed E-state index contributed by atoms with van der Waals surface area (Å²) in [6.07, 6.45) is 9.88. The SMILES string of the molecule is Cn1cc(NC(=O)c2nccn2C)cc1NC(=O)CCC(=O)Nc1cn(C)c(C(=O)Nc2cc(NC(=O)CC3(CC(=O)Nc4cn(C)c(NC(=O)CCC(=O)Nc5cc(C(=O)Nc6cn(C)c(C(=O)O)n6)n(C)c5)n4)CN(C(=O)OC(C)(C)C)C3)n(C)c2)n1. The number of carboxylic acids is 1. The lowest BCUT2D eigenvalue weighted by Gasteiger charge is -2.49. The van der Waals surface area contributed by atoms with Gasteiger partial charge in [0.05, 0.1) is 17.1 Å². The van der Waals surface area contributed by atoms with E-state index < -0.39 is 76.2 Å². The van der Waals surface area contributed by atoms with Crippen molar-refractivity contribution in [2.45, 2.75) is 64.9 Å². The minimum Gasteiger partial charge on any atom is -0.475 e. The lowest BCUT2D eigenvalue weighted by atomic mass is 9.73. The average molecular weight is 1230 g/mol. The largest absolute Gasteiger partial charge is 0.475 e.